The van der Waals surface area contributed by atoms with Gasteiger partial charge in [0.1, 0.15) is 18.0 Å². The third kappa shape index (κ3) is 3.72. The van der Waals surface area contributed by atoms with Crippen molar-refractivity contribution in [2.45, 2.75) is 25.3 Å². The molecule has 3 heterocycles. The Morgan fingerprint density at radius 2 is 1.92 bits per heavy atom. The molecule has 3 aromatic rings. The summed E-state index contributed by atoms with van der Waals surface area (Å²) in [7, 11) is 0. The van der Waals surface area contributed by atoms with E-state index in [2.05, 4.69) is 30.8 Å². The van der Waals surface area contributed by atoms with Gasteiger partial charge in [-0.2, -0.15) is 5.10 Å². The number of nitrogens with one attached hydrogen (secondary N) is 3. The van der Waals surface area contributed by atoms with E-state index in [1.54, 1.807) is 24.7 Å². The fourth-order valence-electron chi connectivity index (χ4n) is 3.31. The van der Waals surface area contributed by atoms with Crippen molar-refractivity contribution in [2.24, 2.45) is 0 Å². The molecule has 1 aromatic carbocycles. The lowest BCUT2D eigenvalue weighted by Gasteiger charge is -2.22. The van der Waals surface area contributed by atoms with Gasteiger partial charge < -0.3 is 10.6 Å². The topological polar surface area (TPSA) is 78.5 Å². The van der Waals surface area contributed by atoms with Gasteiger partial charge in [0.15, 0.2) is 0 Å². The highest BCUT2D eigenvalue weighted by Gasteiger charge is 2.17. The predicted octanol–water partition coefficient (Wildman–Crippen LogP) is 3.08. The van der Waals surface area contributed by atoms with Gasteiger partial charge in [0, 0.05) is 35.3 Å². The van der Waals surface area contributed by atoms with Crippen LogP contribution in [0, 0.1) is 5.82 Å². The van der Waals surface area contributed by atoms with Crippen molar-refractivity contribution in [3.8, 4) is 11.3 Å². The van der Waals surface area contributed by atoms with E-state index < -0.39 is 0 Å². The molecule has 0 amide bonds. The lowest BCUT2D eigenvalue weighted by molar-refractivity contribution is 0.453. The minimum absolute atomic E-state index is 0.251. The monoisotopic (exact) mass is 352 g/mol. The molecule has 0 atom stereocenters. The number of piperidine rings is 1. The molecular formula is C19H21FN6. The quantitative estimate of drug-likeness (QED) is 0.658. The Hall–Kier alpha value is -2.80. The van der Waals surface area contributed by atoms with Gasteiger partial charge in [-0.05, 0) is 50.2 Å². The Bertz CT molecular complexity index is 854. The van der Waals surface area contributed by atoms with Gasteiger partial charge in [0.05, 0.1) is 11.9 Å². The summed E-state index contributed by atoms with van der Waals surface area (Å²) in [5.74, 6) is 1.04. The number of benzene rings is 1. The zero-order valence-corrected chi connectivity index (χ0v) is 14.4. The lowest BCUT2D eigenvalue weighted by atomic mass is 9.94. The predicted molar refractivity (Wildman–Crippen MR) is 98.2 cm³/mol. The number of anilines is 1. The minimum Gasteiger partial charge on any atom is -0.366 e. The first kappa shape index (κ1) is 16.7. The molecule has 6 nitrogen and oxygen atoms in total. The molecule has 1 aliphatic heterocycles. The third-order valence-electron chi connectivity index (χ3n) is 4.76. The Kier molecular flexibility index (Phi) is 4.88. The molecule has 4 rings (SSSR count). The number of hydrogen-bond donors (Lipinski definition) is 3. The number of H-pyrrole nitrogens is 1. The maximum absolute atomic E-state index is 13.1. The van der Waals surface area contributed by atoms with Gasteiger partial charge in [0.2, 0.25) is 0 Å². The molecule has 0 bridgehead atoms. The number of halogens is 1. The Labute approximate surface area is 151 Å². The van der Waals surface area contributed by atoms with Crippen molar-refractivity contribution < 1.29 is 4.39 Å². The lowest BCUT2D eigenvalue weighted by Crippen LogP contribution is -2.27. The summed E-state index contributed by atoms with van der Waals surface area (Å²) < 4.78 is 13.1. The fourth-order valence-corrected chi connectivity index (χ4v) is 3.31. The number of hydrogen-bond acceptors (Lipinski definition) is 5. The number of rotatable bonds is 5. The Morgan fingerprint density at radius 3 is 2.73 bits per heavy atom. The summed E-state index contributed by atoms with van der Waals surface area (Å²) in [6.45, 7) is 2.65. The molecule has 26 heavy (non-hydrogen) atoms. The van der Waals surface area contributed by atoms with E-state index in [0.29, 0.717) is 12.5 Å². The second-order valence-electron chi connectivity index (χ2n) is 6.48. The van der Waals surface area contributed by atoms with Crippen molar-refractivity contribution >= 4 is 5.82 Å². The van der Waals surface area contributed by atoms with Gasteiger partial charge in [0.25, 0.3) is 0 Å². The maximum atomic E-state index is 13.1. The van der Waals surface area contributed by atoms with Crippen molar-refractivity contribution in [3.05, 3.63) is 59.9 Å². The third-order valence-corrected chi connectivity index (χ3v) is 4.76. The molecule has 0 unspecified atom stereocenters. The molecule has 0 saturated carbocycles. The van der Waals surface area contributed by atoms with Crippen LogP contribution in [0.4, 0.5) is 10.2 Å². The molecule has 1 saturated heterocycles. The zero-order valence-electron chi connectivity index (χ0n) is 14.4. The number of aromatic nitrogens is 4. The van der Waals surface area contributed by atoms with Crippen LogP contribution in [0.1, 0.15) is 30.0 Å². The standard InChI is InChI=1S/C19H21FN6/c20-16-3-1-14(2-4-16)19-15(11-25-26-19)10-22-18-9-17(23-12-24-18)13-5-7-21-8-6-13/h1-4,9,11-13,21H,5-8,10H2,(H,25,26)(H,22,23,24). The molecular weight excluding hydrogens is 331 g/mol. The van der Waals surface area contributed by atoms with E-state index in [0.717, 1.165) is 54.3 Å². The van der Waals surface area contributed by atoms with E-state index in [4.69, 9.17) is 0 Å². The van der Waals surface area contributed by atoms with Crippen molar-refractivity contribution in [1.29, 1.82) is 0 Å². The maximum Gasteiger partial charge on any atom is 0.129 e. The van der Waals surface area contributed by atoms with Crippen LogP contribution >= 0.6 is 0 Å². The van der Waals surface area contributed by atoms with Gasteiger partial charge in [-0.1, -0.05) is 0 Å². The average molecular weight is 352 g/mol. The molecule has 0 aliphatic carbocycles. The van der Waals surface area contributed by atoms with Gasteiger partial charge in [-0.25, -0.2) is 14.4 Å². The fraction of sp³-hybridized carbons (Fsp3) is 0.316. The molecule has 0 radical (unpaired) electrons. The number of aromatic amines is 1. The second kappa shape index (κ2) is 7.61. The first-order valence-corrected chi connectivity index (χ1v) is 8.84. The molecule has 0 spiro atoms. The van der Waals surface area contributed by atoms with Crippen molar-refractivity contribution in [3.63, 3.8) is 0 Å². The molecule has 3 N–H and O–H groups in total. The van der Waals surface area contributed by atoms with Gasteiger partial charge in [-0.3, -0.25) is 5.10 Å². The normalized spacial score (nSPS) is 15.1. The van der Waals surface area contributed by atoms with Crippen LogP contribution in [0.2, 0.25) is 0 Å². The first-order valence-electron chi connectivity index (χ1n) is 8.84. The van der Waals surface area contributed by atoms with Crippen molar-refractivity contribution in [2.75, 3.05) is 18.4 Å². The highest BCUT2D eigenvalue weighted by atomic mass is 19.1. The number of nitrogens with zero attached hydrogens (tertiary/aromatic N) is 3. The molecule has 7 heteroatoms. The summed E-state index contributed by atoms with van der Waals surface area (Å²) >= 11 is 0. The SMILES string of the molecule is Fc1ccc(-c2[nH]ncc2CNc2cc(C3CCNCC3)ncn2)cc1. The highest BCUT2D eigenvalue weighted by Crippen LogP contribution is 2.25. The summed E-state index contributed by atoms with van der Waals surface area (Å²) in [4.78, 5) is 8.78. The van der Waals surface area contributed by atoms with Crippen LogP contribution in [-0.2, 0) is 6.54 Å². The van der Waals surface area contributed by atoms with E-state index >= 15 is 0 Å². The van der Waals surface area contributed by atoms with Gasteiger partial charge >= 0.3 is 0 Å². The van der Waals surface area contributed by atoms with E-state index in [1.807, 2.05) is 6.07 Å². The summed E-state index contributed by atoms with van der Waals surface area (Å²) in [5.41, 5.74) is 3.87. The second-order valence-corrected chi connectivity index (χ2v) is 6.48. The Balaban J connectivity index is 1.46. The first-order chi connectivity index (χ1) is 12.8. The van der Waals surface area contributed by atoms with Crippen LogP contribution in [0.3, 0.4) is 0 Å². The van der Waals surface area contributed by atoms with E-state index in [1.165, 1.54) is 12.1 Å². The molecule has 1 aliphatic rings. The van der Waals surface area contributed by atoms with E-state index in [-0.39, 0.29) is 5.82 Å². The summed E-state index contributed by atoms with van der Waals surface area (Å²) in [5, 5.41) is 13.8. The van der Waals surface area contributed by atoms with Crippen LogP contribution in [0.15, 0.2) is 42.9 Å². The highest BCUT2D eigenvalue weighted by molar-refractivity contribution is 5.63. The zero-order chi connectivity index (χ0) is 17.8. The molecule has 1 fully saturated rings. The summed E-state index contributed by atoms with van der Waals surface area (Å²) in [6.07, 6.45) is 5.61. The van der Waals surface area contributed by atoms with Crippen LogP contribution in [-0.4, -0.2) is 33.3 Å². The van der Waals surface area contributed by atoms with Crippen molar-refractivity contribution in [1.82, 2.24) is 25.5 Å². The minimum atomic E-state index is -0.251. The van der Waals surface area contributed by atoms with Crippen LogP contribution in [0.25, 0.3) is 11.3 Å². The summed E-state index contributed by atoms with van der Waals surface area (Å²) in [6, 6.07) is 8.42. The van der Waals surface area contributed by atoms with Crippen LogP contribution in [0.5, 0.6) is 0 Å². The Morgan fingerprint density at radius 1 is 1.12 bits per heavy atom. The molecule has 2 aromatic heterocycles. The van der Waals surface area contributed by atoms with Crippen LogP contribution < -0.4 is 10.6 Å². The average Bonchev–Trinajstić information content (AvgIpc) is 3.16. The largest absolute Gasteiger partial charge is 0.366 e. The smallest absolute Gasteiger partial charge is 0.129 e. The van der Waals surface area contributed by atoms with Gasteiger partial charge in [-0.15, -0.1) is 0 Å². The van der Waals surface area contributed by atoms with E-state index in [9.17, 15) is 4.39 Å². The molecule has 134 valence electrons.